The van der Waals surface area contributed by atoms with Crippen molar-refractivity contribution in [2.75, 3.05) is 4.90 Å². The number of benzene rings is 9. The molecule has 0 aliphatic rings. The molecule has 0 fully saturated rings. The van der Waals surface area contributed by atoms with Gasteiger partial charge in [0.05, 0.1) is 22.4 Å². The van der Waals surface area contributed by atoms with E-state index in [1.807, 2.05) is 11.3 Å². The number of thiophene rings is 1. The molecule has 11 rings (SSSR count). The molecule has 2 aromatic heterocycles. The first-order valence-electron chi connectivity index (χ1n) is 19.4. The summed E-state index contributed by atoms with van der Waals surface area (Å²) < 4.78 is 5.02. The summed E-state index contributed by atoms with van der Waals surface area (Å²) in [6, 6.07) is 79.6. The zero-order chi connectivity index (χ0) is 37.7. The first kappa shape index (κ1) is 33.2. The minimum absolute atomic E-state index is 1.09. The van der Waals surface area contributed by atoms with Crippen LogP contribution in [0.2, 0.25) is 0 Å². The molecule has 2 heterocycles. The number of rotatable bonds is 7. The molecule has 0 atom stereocenters. The number of para-hydroxylation sites is 3. The van der Waals surface area contributed by atoms with Crippen LogP contribution < -0.4 is 4.90 Å². The fourth-order valence-corrected chi connectivity index (χ4v) is 9.68. The number of fused-ring (bicyclic) bond motifs is 6. The van der Waals surface area contributed by atoms with Crippen LogP contribution in [-0.2, 0) is 0 Å². The van der Waals surface area contributed by atoms with Crippen molar-refractivity contribution in [3.05, 3.63) is 218 Å². The Bertz CT molecular complexity index is 3180. The number of nitrogens with zero attached hydrogens (tertiary/aromatic N) is 2. The molecule has 0 amide bonds. The summed E-state index contributed by atoms with van der Waals surface area (Å²) >= 11 is 1.86. The third-order valence-corrected chi connectivity index (χ3v) is 12.3. The van der Waals surface area contributed by atoms with Gasteiger partial charge < -0.3 is 9.47 Å². The van der Waals surface area contributed by atoms with Gasteiger partial charge in [-0.15, -0.1) is 11.3 Å². The fraction of sp³-hybridized carbons (Fsp3) is 0. The van der Waals surface area contributed by atoms with E-state index >= 15 is 0 Å². The monoisotopic (exact) mass is 744 g/mol. The maximum absolute atomic E-state index is 2.51. The van der Waals surface area contributed by atoms with E-state index in [0.29, 0.717) is 0 Å². The van der Waals surface area contributed by atoms with Crippen LogP contribution in [0.15, 0.2) is 218 Å². The van der Waals surface area contributed by atoms with Crippen molar-refractivity contribution in [2.45, 2.75) is 0 Å². The van der Waals surface area contributed by atoms with E-state index in [4.69, 9.17) is 0 Å². The standard InChI is InChI=1S/C54H36N2S/c1-4-17-37(18-5-1)40-33-41(38-19-6-2-7-20-38)35-43(34-40)56(48-26-13-10-23-44(48)39-31-32-53-47(36-39)45-24-12-15-30-52(45)57-53)51-29-16-28-50-54(51)46-25-11-14-27-49(46)55(50)42-21-8-3-9-22-42/h1-36H. The smallest absolute Gasteiger partial charge is 0.0562 e. The molecule has 2 nitrogen and oxygen atoms in total. The lowest BCUT2D eigenvalue weighted by Gasteiger charge is -2.30. The Morgan fingerprint density at radius 3 is 1.68 bits per heavy atom. The van der Waals surface area contributed by atoms with Gasteiger partial charge in [-0.05, 0) is 101 Å². The van der Waals surface area contributed by atoms with Gasteiger partial charge in [0.1, 0.15) is 0 Å². The lowest BCUT2D eigenvalue weighted by atomic mass is 9.96. The van der Waals surface area contributed by atoms with Gasteiger partial charge >= 0.3 is 0 Å². The summed E-state index contributed by atoms with van der Waals surface area (Å²) in [5.41, 5.74) is 13.9. The van der Waals surface area contributed by atoms with Gasteiger partial charge in [-0.1, -0.05) is 146 Å². The van der Waals surface area contributed by atoms with Crippen LogP contribution in [0.3, 0.4) is 0 Å². The van der Waals surface area contributed by atoms with Gasteiger partial charge in [0.2, 0.25) is 0 Å². The van der Waals surface area contributed by atoms with E-state index in [-0.39, 0.29) is 0 Å². The van der Waals surface area contributed by atoms with Gasteiger partial charge in [-0.2, -0.15) is 0 Å². The predicted octanol–water partition coefficient (Wildman–Crippen LogP) is 15.6. The third-order valence-electron chi connectivity index (χ3n) is 11.2. The van der Waals surface area contributed by atoms with Crippen LogP contribution in [0.25, 0.3) is 81.0 Å². The van der Waals surface area contributed by atoms with Crippen molar-refractivity contribution in [1.82, 2.24) is 4.57 Å². The van der Waals surface area contributed by atoms with Gasteiger partial charge in [0, 0.05) is 47.9 Å². The zero-order valence-electron chi connectivity index (χ0n) is 31.1. The average Bonchev–Trinajstić information content (AvgIpc) is 3.83. The topological polar surface area (TPSA) is 8.17 Å². The van der Waals surface area contributed by atoms with Gasteiger partial charge in [0.25, 0.3) is 0 Å². The summed E-state index contributed by atoms with van der Waals surface area (Å²) in [7, 11) is 0. The molecular weight excluding hydrogens is 709 g/mol. The van der Waals surface area contributed by atoms with E-state index in [1.54, 1.807) is 0 Å². The molecular formula is C54H36N2S. The van der Waals surface area contributed by atoms with Gasteiger partial charge in [-0.25, -0.2) is 0 Å². The number of anilines is 3. The summed E-state index contributed by atoms with van der Waals surface area (Å²) in [6.45, 7) is 0. The Hall–Kier alpha value is -7.20. The first-order chi connectivity index (χ1) is 28.3. The van der Waals surface area contributed by atoms with E-state index in [9.17, 15) is 0 Å². The maximum atomic E-state index is 2.51. The highest BCUT2D eigenvalue weighted by molar-refractivity contribution is 7.25. The molecule has 268 valence electrons. The van der Waals surface area contributed by atoms with Crippen LogP contribution in [-0.4, -0.2) is 4.57 Å². The fourth-order valence-electron chi connectivity index (χ4n) is 8.59. The molecule has 57 heavy (non-hydrogen) atoms. The van der Waals surface area contributed by atoms with Crippen molar-refractivity contribution < 1.29 is 0 Å². The summed E-state index contributed by atoms with van der Waals surface area (Å²) in [5.74, 6) is 0. The lowest BCUT2D eigenvalue weighted by molar-refractivity contribution is 1.18. The van der Waals surface area contributed by atoms with Gasteiger partial charge in [0.15, 0.2) is 0 Å². The summed E-state index contributed by atoms with van der Waals surface area (Å²) in [6.07, 6.45) is 0. The lowest BCUT2D eigenvalue weighted by Crippen LogP contribution is -2.12. The van der Waals surface area contributed by atoms with Crippen molar-refractivity contribution >= 4 is 70.4 Å². The molecule has 0 saturated heterocycles. The average molecular weight is 745 g/mol. The second-order valence-electron chi connectivity index (χ2n) is 14.5. The molecule has 0 bridgehead atoms. The minimum Gasteiger partial charge on any atom is -0.309 e. The van der Waals surface area contributed by atoms with Crippen LogP contribution in [0.5, 0.6) is 0 Å². The number of hydrogen-bond acceptors (Lipinski definition) is 2. The van der Waals surface area contributed by atoms with Crippen molar-refractivity contribution in [2.24, 2.45) is 0 Å². The second kappa shape index (κ2) is 13.8. The molecule has 0 radical (unpaired) electrons. The normalized spacial score (nSPS) is 11.5. The Labute approximate surface area is 335 Å². The Balaban J connectivity index is 1.23. The van der Waals surface area contributed by atoms with Crippen molar-refractivity contribution in [3.63, 3.8) is 0 Å². The number of hydrogen-bond donors (Lipinski definition) is 0. The molecule has 11 aromatic rings. The summed E-state index contributed by atoms with van der Waals surface area (Å²) in [5, 5.41) is 5.01. The molecule has 9 aromatic carbocycles. The number of aromatic nitrogens is 1. The maximum Gasteiger partial charge on any atom is 0.0562 e. The van der Waals surface area contributed by atoms with E-state index < -0.39 is 0 Å². The highest BCUT2D eigenvalue weighted by Gasteiger charge is 2.24. The van der Waals surface area contributed by atoms with Crippen molar-refractivity contribution in [1.29, 1.82) is 0 Å². The quantitative estimate of drug-likeness (QED) is 0.158. The van der Waals surface area contributed by atoms with Gasteiger partial charge in [-0.3, -0.25) is 0 Å². The zero-order valence-corrected chi connectivity index (χ0v) is 31.9. The molecule has 0 aliphatic carbocycles. The van der Waals surface area contributed by atoms with Crippen LogP contribution in [0.1, 0.15) is 0 Å². The second-order valence-corrected chi connectivity index (χ2v) is 15.6. The largest absolute Gasteiger partial charge is 0.309 e. The molecule has 0 aliphatic heterocycles. The summed E-state index contributed by atoms with van der Waals surface area (Å²) in [4.78, 5) is 2.51. The van der Waals surface area contributed by atoms with Crippen LogP contribution in [0.4, 0.5) is 17.1 Å². The van der Waals surface area contributed by atoms with Crippen molar-refractivity contribution in [3.8, 4) is 39.1 Å². The molecule has 0 saturated carbocycles. The third kappa shape index (κ3) is 5.71. The van der Waals surface area contributed by atoms with Crippen LogP contribution >= 0.6 is 11.3 Å². The van der Waals surface area contributed by atoms with E-state index in [1.165, 1.54) is 69.8 Å². The molecule has 0 spiro atoms. The Morgan fingerprint density at radius 1 is 0.351 bits per heavy atom. The SMILES string of the molecule is c1ccc(-c2cc(-c3ccccc3)cc(N(c3ccccc3-c3ccc4sc5ccccc5c4c3)c3cccc4c3c3ccccc3n4-c3ccccc3)c2)cc1. The Kier molecular flexibility index (Phi) is 8.04. The molecule has 0 unspecified atom stereocenters. The highest BCUT2D eigenvalue weighted by atomic mass is 32.1. The first-order valence-corrected chi connectivity index (χ1v) is 20.2. The molecule has 3 heteroatoms. The predicted molar refractivity (Wildman–Crippen MR) is 245 cm³/mol. The van der Waals surface area contributed by atoms with Crippen LogP contribution in [0, 0.1) is 0 Å². The molecule has 0 N–H and O–H groups in total. The van der Waals surface area contributed by atoms with E-state index in [0.717, 1.165) is 28.3 Å². The van der Waals surface area contributed by atoms with E-state index in [2.05, 4.69) is 228 Å². The Morgan fingerprint density at radius 2 is 0.930 bits per heavy atom. The highest BCUT2D eigenvalue weighted by Crippen LogP contribution is 2.48. The minimum atomic E-state index is 1.09.